The van der Waals surface area contributed by atoms with Gasteiger partial charge in [-0.2, -0.15) is 5.10 Å². The van der Waals surface area contributed by atoms with Gasteiger partial charge < -0.3 is 5.73 Å². The Kier molecular flexibility index (Phi) is 3.95. The smallest absolute Gasteiger partial charge is 0.222 e. The lowest BCUT2D eigenvalue weighted by Gasteiger charge is -2.21. The molecule has 108 valence electrons. The van der Waals surface area contributed by atoms with Gasteiger partial charge in [0.15, 0.2) is 5.16 Å². The van der Waals surface area contributed by atoms with Gasteiger partial charge in [0.2, 0.25) is 5.95 Å². The highest BCUT2D eigenvalue weighted by Gasteiger charge is 2.16. The number of nitrogens with two attached hydrogens (primary N) is 1. The van der Waals surface area contributed by atoms with E-state index in [0.29, 0.717) is 12.0 Å². The van der Waals surface area contributed by atoms with Crippen molar-refractivity contribution < 1.29 is 0 Å². The fourth-order valence-electron chi connectivity index (χ4n) is 2.59. The minimum absolute atomic E-state index is 0.445. The van der Waals surface area contributed by atoms with Crippen molar-refractivity contribution in [3.8, 4) is 0 Å². The molecule has 2 aromatic heterocycles. The van der Waals surface area contributed by atoms with Gasteiger partial charge in [-0.05, 0) is 18.9 Å². The van der Waals surface area contributed by atoms with Crippen molar-refractivity contribution in [1.82, 2.24) is 24.5 Å². The summed E-state index contributed by atoms with van der Waals surface area (Å²) in [7, 11) is 1.87. The van der Waals surface area contributed by atoms with E-state index in [9.17, 15) is 0 Å². The van der Waals surface area contributed by atoms with Gasteiger partial charge in [-0.15, -0.1) is 10.2 Å². The minimum atomic E-state index is 0.445. The van der Waals surface area contributed by atoms with Crippen molar-refractivity contribution in [1.29, 1.82) is 0 Å². The van der Waals surface area contributed by atoms with Crippen LogP contribution >= 0.6 is 11.8 Å². The molecular weight excluding hydrogens is 272 g/mol. The third kappa shape index (κ3) is 2.82. The van der Waals surface area contributed by atoms with Crippen LogP contribution in [0.15, 0.2) is 17.4 Å². The Hall–Kier alpha value is -1.50. The molecule has 0 spiro atoms. The molecule has 2 aromatic rings. The first kappa shape index (κ1) is 13.5. The zero-order chi connectivity index (χ0) is 13.9. The lowest BCUT2D eigenvalue weighted by atomic mass is 9.96. The first-order chi connectivity index (χ1) is 9.74. The topological polar surface area (TPSA) is 74.6 Å². The van der Waals surface area contributed by atoms with E-state index in [0.717, 1.165) is 16.6 Å². The molecule has 0 unspecified atom stereocenters. The highest BCUT2D eigenvalue weighted by molar-refractivity contribution is 7.98. The molecule has 0 amide bonds. The molecule has 0 radical (unpaired) electrons. The van der Waals surface area contributed by atoms with E-state index in [2.05, 4.69) is 27.1 Å². The Bertz CT molecular complexity index is 569. The van der Waals surface area contributed by atoms with Gasteiger partial charge in [0.1, 0.15) is 0 Å². The Morgan fingerprint density at radius 2 is 2.10 bits per heavy atom. The van der Waals surface area contributed by atoms with Crippen molar-refractivity contribution >= 4 is 17.7 Å². The molecule has 1 fully saturated rings. The van der Waals surface area contributed by atoms with E-state index >= 15 is 0 Å². The Labute approximate surface area is 122 Å². The van der Waals surface area contributed by atoms with Crippen LogP contribution in [0.1, 0.15) is 43.8 Å². The SMILES string of the molecule is Cn1c(N)nnc1SCc1ccn(C2CCCCC2)n1. The predicted molar refractivity (Wildman–Crippen MR) is 79.3 cm³/mol. The van der Waals surface area contributed by atoms with E-state index in [-0.39, 0.29) is 0 Å². The summed E-state index contributed by atoms with van der Waals surface area (Å²) in [5.41, 5.74) is 6.75. The average molecular weight is 292 g/mol. The van der Waals surface area contributed by atoms with Crippen LogP contribution in [-0.4, -0.2) is 24.5 Å². The molecule has 0 aliphatic heterocycles. The van der Waals surface area contributed by atoms with E-state index < -0.39 is 0 Å². The van der Waals surface area contributed by atoms with Gasteiger partial charge in [-0.1, -0.05) is 31.0 Å². The molecule has 20 heavy (non-hydrogen) atoms. The molecule has 0 atom stereocenters. The predicted octanol–water partition coefficient (Wildman–Crippen LogP) is 2.39. The fourth-order valence-corrected chi connectivity index (χ4v) is 3.41. The quantitative estimate of drug-likeness (QED) is 0.876. The molecule has 2 heterocycles. The normalized spacial score (nSPS) is 16.6. The zero-order valence-corrected chi connectivity index (χ0v) is 12.5. The monoisotopic (exact) mass is 292 g/mol. The Morgan fingerprint density at radius 3 is 2.80 bits per heavy atom. The van der Waals surface area contributed by atoms with Crippen molar-refractivity contribution in [2.75, 3.05) is 5.73 Å². The highest BCUT2D eigenvalue weighted by atomic mass is 32.2. The third-order valence-corrected chi connectivity index (χ3v) is 4.88. The maximum absolute atomic E-state index is 5.67. The first-order valence-electron chi connectivity index (χ1n) is 7.06. The standard InChI is InChI=1S/C13H20N6S/c1-18-12(14)15-16-13(18)20-9-10-7-8-19(17-10)11-5-3-2-4-6-11/h7-8,11H,2-6,9H2,1H3,(H2,14,15). The second-order valence-electron chi connectivity index (χ2n) is 5.27. The van der Waals surface area contributed by atoms with Crippen LogP contribution in [0, 0.1) is 0 Å². The maximum Gasteiger partial charge on any atom is 0.222 e. The number of anilines is 1. The summed E-state index contributed by atoms with van der Waals surface area (Å²) in [4.78, 5) is 0. The molecule has 0 bridgehead atoms. The fraction of sp³-hybridized carbons (Fsp3) is 0.615. The molecule has 3 rings (SSSR count). The molecular formula is C13H20N6S. The lowest BCUT2D eigenvalue weighted by molar-refractivity contribution is 0.328. The Balaban J connectivity index is 1.61. The molecule has 1 aliphatic rings. The van der Waals surface area contributed by atoms with Crippen LogP contribution in [0.3, 0.4) is 0 Å². The van der Waals surface area contributed by atoms with E-state index in [1.54, 1.807) is 16.3 Å². The number of nitrogens with zero attached hydrogens (tertiary/aromatic N) is 5. The number of rotatable bonds is 4. The molecule has 0 aromatic carbocycles. The molecule has 7 heteroatoms. The van der Waals surface area contributed by atoms with Gasteiger partial charge in [0.25, 0.3) is 0 Å². The third-order valence-electron chi connectivity index (χ3n) is 3.83. The van der Waals surface area contributed by atoms with E-state index in [1.807, 2.05) is 7.05 Å². The van der Waals surface area contributed by atoms with Crippen LogP contribution < -0.4 is 5.73 Å². The van der Waals surface area contributed by atoms with Crippen LogP contribution in [0.2, 0.25) is 0 Å². The summed E-state index contributed by atoms with van der Waals surface area (Å²) in [6.45, 7) is 0. The average Bonchev–Trinajstić information content (AvgIpc) is 3.07. The van der Waals surface area contributed by atoms with Crippen LogP contribution in [0.4, 0.5) is 5.95 Å². The Morgan fingerprint density at radius 1 is 1.30 bits per heavy atom. The van der Waals surface area contributed by atoms with Gasteiger partial charge in [0, 0.05) is 19.0 Å². The van der Waals surface area contributed by atoms with Crippen molar-refractivity contribution in [2.45, 2.75) is 49.1 Å². The lowest BCUT2D eigenvalue weighted by Crippen LogP contribution is -2.13. The first-order valence-corrected chi connectivity index (χ1v) is 8.04. The van der Waals surface area contributed by atoms with Gasteiger partial charge >= 0.3 is 0 Å². The second-order valence-corrected chi connectivity index (χ2v) is 6.21. The van der Waals surface area contributed by atoms with Crippen molar-refractivity contribution in [3.05, 3.63) is 18.0 Å². The maximum atomic E-state index is 5.67. The van der Waals surface area contributed by atoms with Crippen molar-refractivity contribution in [2.24, 2.45) is 7.05 Å². The summed E-state index contributed by atoms with van der Waals surface area (Å²) in [5, 5.41) is 13.4. The summed E-state index contributed by atoms with van der Waals surface area (Å²) >= 11 is 1.61. The van der Waals surface area contributed by atoms with Gasteiger partial charge in [-0.25, -0.2) is 0 Å². The van der Waals surface area contributed by atoms with Gasteiger partial charge in [0.05, 0.1) is 11.7 Å². The van der Waals surface area contributed by atoms with Crippen molar-refractivity contribution in [3.63, 3.8) is 0 Å². The summed E-state index contributed by atoms with van der Waals surface area (Å²) in [6.07, 6.45) is 8.65. The molecule has 0 saturated heterocycles. The molecule has 6 nitrogen and oxygen atoms in total. The number of nitrogen functional groups attached to an aromatic ring is 1. The number of aromatic nitrogens is 5. The number of hydrogen-bond donors (Lipinski definition) is 1. The molecule has 1 saturated carbocycles. The summed E-state index contributed by atoms with van der Waals surface area (Å²) in [6, 6.07) is 2.69. The number of thioether (sulfide) groups is 1. The van der Waals surface area contributed by atoms with E-state index in [1.165, 1.54) is 32.1 Å². The second kappa shape index (κ2) is 5.87. The van der Waals surface area contributed by atoms with Crippen LogP contribution in [-0.2, 0) is 12.8 Å². The molecule has 1 aliphatic carbocycles. The highest BCUT2D eigenvalue weighted by Crippen LogP contribution is 2.28. The number of hydrogen-bond acceptors (Lipinski definition) is 5. The van der Waals surface area contributed by atoms with Crippen LogP contribution in [0.5, 0.6) is 0 Å². The summed E-state index contributed by atoms with van der Waals surface area (Å²) in [5.74, 6) is 1.24. The summed E-state index contributed by atoms with van der Waals surface area (Å²) < 4.78 is 3.93. The largest absolute Gasteiger partial charge is 0.368 e. The minimum Gasteiger partial charge on any atom is -0.368 e. The zero-order valence-electron chi connectivity index (χ0n) is 11.7. The van der Waals surface area contributed by atoms with Gasteiger partial charge in [-0.3, -0.25) is 9.25 Å². The van der Waals surface area contributed by atoms with Crippen LogP contribution in [0.25, 0.3) is 0 Å². The van der Waals surface area contributed by atoms with E-state index in [4.69, 9.17) is 10.8 Å². The molecule has 2 N–H and O–H groups in total.